The van der Waals surface area contributed by atoms with Crippen molar-refractivity contribution >= 4 is 0 Å². The number of hydrogen-bond acceptors (Lipinski definition) is 1. The molecule has 1 fully saturated rings. The van der Waals surface area contributed by atoms with Crippen molar-refractivity contribution in [2.45, 2.75) is 58.3 Å². The van der Waals surface area contributed by atoms with Gasteiger partial charge in [-0.15, -0.1) is 0 Å². The van der Waals surface area contributed by atoms with E-state index in [0.717, 1.165) is 24.3 Å². The summed E-state index contributed by atoms with van der Waals surface area (Å²) in [7, 11) is 0. The number of halogens is 2. The van der Waals surface area contributed by atoms with Crippen LogP contribution in [0.1, 0.15) is 63.9 Å². The number of rotatable bonds is 5. The smallest absolute Gasteiger partial charge is 0.190 e. The molecule has 2 rings (SSSR count). The molecule has 112 valence electrons. The van der Waals surface area contributed by atoms with Crippen LogP contribution in [0.2, 0.25) is 0 Å². The van der Waals surface area contributed by atoms with Crippen LogP contribution in [0.3, 0.4) is 0 Å². The Labute approximate surface area is 120 Å². The van der Waals surface area contributed by atoms with Crippen LogP contribution in [0, 0.1) is 17.6 Å². The fourth-order valence-corrected chi connectivity index (χ4v) is 3.29. The molecule has 0 N–H and O–H groups in total. The van der Waals surface area contributed by atoms with Crippen molar-refractivity contribution < 1.29 is 13.5 Å². The molecular weight excluding hydrogens is 258 g/mol. The Morgan fingerprint density at radius 1 is 1.05 bits per heavy atom. The first kappa shape index (κ1) is 15.3. The first-order valence-corrected chi connectivity index (χ1v) is 7.77. The van der Waals surface area contributed by atoms with E-state index in [9.17, 15) is 8.78 Å². The monoisotopic (exact) mass is 282 g/mol. The van der Waals surface area contributed by atoms with Crippen LogP contribution in [0.25, 0.3) is 0 Å². The van der Waals surface area contributed by atoms with Crippen molar-refractivity contribution in [3.8, 4) is 5.75 Å². The lowest BCUT2D eigenvalue weighted by Gasteiger charge is -2.28. The molecule has 1 nitrogen and oxygen atoms in total. The van der Waals surface area contributed by atoms with Gasteiger partial charge in [-0.1, -0.05) is 19.8 Å². The summed E-state index contributed by atoms with van der Waals surface area (Å²) in [5.74, 6) is -0.289. The lowest BCUT2D eigenvalue weighted by atomic mass is 9.77. The Hall–Kier alpha value is -1.12. The van der Waals surface area contributed by atoms with Gasteiger partial charge in [0, 0.05) is 0 Å². The van der Waals surface area contributed by atoms with Crippen LogP contribution in [-0.4, -0.2) is 6.61 Å². The Balaban J connectivity index is 2.07. The lowest BCUT2D eigenvalue weighted by molar-refractivity contribution is 0.296. The van der Waals surface area contributed by atoms with E-state index in [2.05, 4.69) is 6.92 Å². The second-order valence-electron chi connectivity index (χ2n) is 5.75. The van der Waals surface area contributed by atoms with E-state index in [4.69, 9.17) is 4.74 Å². The normalized spacial score (nSPS) is 22.8. The summed E-state index contributed by atoms with van der Waals surface area (Å²) in [5, 5.41) is 0. The highest BCUT2D eigenvalue weighted by molar-refractivity contribution is 5.33. The van der Waals surface area contributed by atoms with Gasteiger partial charge in [-0.2, -0.15) is 0 Å². The molecule has 0 heterocycles. The quantitative estimate of drug-likeness (QED) is 0.699. The Morgan fingerprint density at radius 2 is 1.65 bits per heavy atom. The third-order valence-corrected chi connectivity index (χ3v) is 4.32. The molecule has 0 spiro atoms. The number of hydrogen-bond donors (Lipinski definition) is 0. The van der Waals surface area contributed by atoms with Gasteiger partial charge in [0.2, 0.25) is 0 Å². The van der Waals surface area contributed by atoms with Crippen LogP contribution in [0.15, 0.2) is 12.1 Å². The summed E-state index contributed by atoms with van der Waals surface area (Å²) in [5.41, 5.74) is 0.790. The van der Waals surface area contributed by atoms with Crippen molar-refractivity contribution in [3.63, 3.8) is 0 Å². The van der Waals surface area contributed by atoms with E-state index >= 15 is 0 Å². The SMILES string of the molecule is CCC[C@H]1CC[C@H](c2cc(F)c(OCC)c(F)c2)CC1. The third-order valence-electron chi connectivity index (χ3n) is 4.32. The van der Waals surface area contributed by atoms with E-state index < -0.39 is 11.6 Å². The molecule has 0 unspecified atom stereocenters. The van der Waals surface area contributed by atoms with Crippen LogP contribution in [0.4, 0.5) is 8.78 Å². The standard InChI is InChI=1S/C17H24F2O/c1-3-5-12-6-8-13(9-7-12)14-10-15(18)17(20-4-2)16(19)11-14/h10-13H,3-9H2,1-2H3/t12-,13-. The maximum atomic E-state index is 13.9. The molecule has 0 aromatic heterocycles. The molecule has 0 radical (unpaired) electrons. The largest absolute Gasteiger partial charge is 0.488 e. The van der Waals surface area contributed by atoms with Crippen LogP contribution < -0.4 is 4.74 Å². The van der Waals surface area contributed by atoms with Gasteiger partial charge in [0.1, 0.15) is 0 Å². The van der Waals surface area contributed by atoms with E-state index in [1.807, 2.05) is 0 Å². The van der Waals surface area contributed by atoms with Crippen molar-refractivity contribution in [1.82, 2.24) is 0 Å². The topological polar surface area (TPSA) is 9.23 Å². The Bertz CT molecular complexity index is 414. The Kier molecular flexibility index (Phi) is 5.38. The molecular formula is C17H24F2O. The molecule has 0 bridgehead atoms. The average molecular weight is 282 g/mol. The van der Waals surface area contributed by atoms with Gasteiger partial charge in [0.05, 0.1) is 6.61 Å². The predicted molar refractivity (Wildman–Crippen MR) is 77.1 cm³/mol. The minimum atomic E-state index is -0.572. The fraction of sp³-hybridized carbons (Fsp3) is 0.647. The van der Waals surface area contributed by atoms with Crippen LogP contribution in [0.5, 0.6) is 5.75 Å². The van der Waals surface area contributed by atoms with Crippen LogP contribution in [-0.2, 0) is 0 Å². The molecule has 1 aromatic rings. The maximum Gasteiger partial charge on any atom is 0.190 e. The summed E-state index contributed by atoms with van der Waals surface area (Å²) in [6.07, 6.45) is 6.93. The van der Waals surface area contributed by atoms with E-state index in [-0.39, 0.29) is 12.4 Å². The number of benzene rings is 1. The second kappa shape index (κ2) is 7.05. The minimum absolute atomic E-state index is 0.240. The highest BCUT2D eigenvalue weighted by atomic mass is 19.1. The molecule has 1 aliphatic carbocycles. The molecule has 0 atom stereocenters. The molecule has 0 saturated heterocycles. The summed E-state index contributed by atoms with van der Waals surface area (Å²) >= 11 is 0. The predicted octanol–water partition coefficient (Wildman–Crippen LogP) is 5.44. The van der Waals surface area contributed by atoms with Gasteiger partial charge in [0.15, 0.2) is 17.4 Å². The highest BCUT2D eigenvalue weighted by Crippen LogP contribution is 2.39. The van der Waals surface area contributed by atoms with Crippen LogP contribution >= 0.6 is 0 Å². The first-order chi connectivity index (χ1) is 9.65. The van der Waals surface area contributed by atoms with Gasteiger partial charge in [-0.25, -0.2) is 8.78 Å². The molecule has 20 heavy (non-hydrogen) atoms. The van der Waals surface area contributed by atoms with Gasteiger partial charge < -0.3 is 4.74 Å². The molecule has 1 aliphatic rings. The van der Waals surface area contributed by atoms with E-state index in [1.54, 1.807) is 6.92 Å². The van der Waals surface area contributed by atoms with Gasteiger partial charge in [-0.05, 0) is 62.1 Å². The summed E-state index contributed by atoms with van der Waals surface area (Å²) in [6.45, 7) is 4.21. The lowest BCUT2D eigenvalue weighted by Crippen LogP contribution is -2.14. The van der Waals surface area contributed by atoms with E-state index in [0.29, 0.717) is 5.92 Å². The average Bonchev–Trinajstić information content (AvgIpc) is 2.44. The van der Waals surface area contributed by atoms with Gasteiger partial charge in [-0.3, -0.25) is 0 Å². The maximum absolute atomic E-state index is 13.9. The number of ether oxygens (including phenoxy) is 1. The van der Waals surface area contributed by atoms with Gasteiger partial charge in [0.25, 0.3) is 0 Å². The molecule has 1 saturated carbocycles. The van der Waals surface area contributed by atoms with E-state index in [1.165, 1.54) is 37.8 Å². The third kappa shape index (κ3) is 3.50. The molecule has 1 aromatic carbocycles. The zero-order valence-electron chi connectivity index (χ0n) is 12.4. The fourth-order valence-electron chi connectivity index (χ4n) is 3.29. The van der Waals surface area contributed by atoms with Crippen molar-refractivity contribution in [2.24, 2.45) is 5.92 Å². The van der Waals surface area contributed by atoms with Crippen molar-refractivity contribution in [3.05, 3.63) is 29.3 Å². The second-order valence-corrected chi connectivity index (χ2v) is 5.75. The summed E-state index contributed by atoms with van der Waals surface area (Å²) in [6, 6.07) is 2.91. The molecule has 3 heteroatoms. The summed E-state index contributed by atoms with van der Waals surface area (Å²) in [4.78, 5) is 0. The molecule has 0 amide bonds. The van der Waals surface area contributed by atoms with Crippen molar-refractivity contribution in [1.29, 1.82) is 0 Å². The summed E-state index contributed by atoms with van der Waals surface area (Å²) < 4.78 is 32.8. The molecule has 0 aliphatic heterocycles. The highest BCUT2D eigenvalue weighted by Gasteiger charge is 2.24. The zero-order chi connectivity index (χ0) is 14.5. The van der Waals surface area contributed by atoms with Gasteiger partial charge >= 0.3 is 0 Å². The Morgan fingerprint density at radius 3 is 2.15 bits per heavy atom. The first-order valence-electron chi connectivity index (χ1n) is 7.77. The zero-order valence-corrected chi connectivity index (χ0v) is 12.4. The van der Waals surface area contributed by atoms with Crippen molar-refractivity contribution in [2.75, 3.05) is 6.61 Å². The minimum Gasteiger partial charge on any atom is -0.488 e.